The Kier molecular flexibility index (Phi) is 10.0. The van der Waals surface area contributed by atoms with Crippen molar-refractivity contribution in [3.63, 3.8) is 0 Å². The van der Waals surface area contributed by atoms with Gasteiger partial charge in [-0.25, -0.2) is 9.97 Å². The zero-order valence-corrected chi connectivity index (χ0v) is 43.5. The number of pyridine rings is 2. The summed E-state index contributed by atoms with van der Waals surface area (Å²) >= 11 is 0. The average molecular weight is 951 g/mol. The highest BCUT2D eigenvalue weighted by Gasteiger charge is 2.26. The number of benzene rings is 12. The summed E-state index contributed by atoms with van der Waals surface area (Å²) < 4.78 is 0. The van der Waals surface area contributed by atoms with Crippen LogP contribution in [-0.4, -0.2) is 9.97 Å². The molecule has 0 amide bonds. The Labute approximate surface area is 433 Å². The lowest BCUT2D eigenvalue weighted by molar-refractivity contribution is 0.867. The van der Waals surface area contributed by atoms with Crippen LogP contribution in [0.3, 0.4) is 0 Å². The molecule has 0 spiro atoms. The molecule has 0 aliphatic rings. The Balaban J connectivity index is 1.08. The maximum atomic E-state index is 5.80. The van der Waals surface area contributed by atoms with Crippen molar-refractivity contribution in [1.82, 2.24) is 9.97 Å². The Morgan fingerprint density at radius 1 is 0.243 bits per heavy atom. The van der Waals surface area contributed by atoms with Gasteiger partial charge in [-0.05, 0) is 170 Å². The molecule has 0 aliphatic carbocycles. The smallest absolute Gasteiger partial charge is 0.0801 e. The van der Waals surface area contributed by atoms with Gasteiger partial charge in [-0.15, -0.1) is 0 Å². The van der Waals surface area contributed by atoms with Gasteiger partial charge in [0.15, 0.2) is 0 Å². The van der Waals surface area contributed by atoms with Gasteiger partial charge in [-0.3, -0.25) is 0 Å². The molecule has 14 rings (SSSR count). The largest absolute Gasteiger partial charge is 0.247 e. The normalized spacial score (nSPS) is 12.5. The zero-order valence-electron chi connectivity index (χ0n) is 43.5. The van der Waals surface area contributed by atoms with Crippen molar-refractivity contribution in [3.05, 3.63) is 204 Å². The summed E-state index contributed by atoms with van der Waals surface area (Å²) in [6, 6.07) is 69.7. The van der Waals surface area contributed by atoms with Crippen molar-refractivity contribution in [2.24, 2.45) is 0 Å². The van der Waals surface area contributed by atoms with E-state index in [1.165, 1.54) is 131 Å². The molecule has 0 fully saturated rings. The van der Waals surface area contributed by atoms with Crippen LogP contribution in [0.25, 0.3) is 142 Å². The van der Waals surface area contributed by atoms with Crippen molar-refractivity contribution in [2.45, 2.75) is 79.1 Å². The number of hydrogen-bond acceptors (Lipinski definition) is 2. The summed E-state index contributed by atoms with van der Waals surface area (Å²) in [6.07, 6.45) is 0. The van der Waals surface area contributed by atoms with E-state index in [-0.39, 0.29) is 0 Å². The van der Waals surface area contributed by atoms with Crippen LogP contribution in [0.15, 0.2) is 182 Å². The fourth-order valence-corrected chi connectivity index (χ4v) is 12.4. The molecule has 0 unspecified atom stereocenters. The van der Waals surface area contributed by atoms with Gasteiger partial charge in [0.1, 0.15) is 0 Å². The second-order valence-corrected chi connectivity index (χ2v) is 22.5. The summed E-state index contributed by atoms with van der Waals surface area (Å²) in [4.78, 5) is 11.6. The standard InChI is InChI=1S/C72H58N2/c1-39(2)43-9-13-45(14-10-43)53-25-27-57-61(37-53)65(55-23-21-49-33-47(41(5)6)17-19-51(49)35-55)59-29-31-64-69-67(59)71(57)73-63-32-30-60-66(56-24-22-50-34-48(42(7)8)18-20-52(50)36-56)62-38-54(46-15-11-44(12-16-46)40(3)4)26-28-58(62)72(74-64)68(60)70(63)69/h9-42H,1-8H3. The highest BCUT2D eigenvalue weighted by molar-refractivity contribution is 6.41. The second-order valence-electron chi connectivity index (χ2n) is 22.5. The van der Waals surface area contributed by atoms with Crippen LogP contribution in [0.5, 0.6) is 0 Å². The zero-order chi connectivity index (χ0) is 50.3. The molecule has 356 valence electrons. The lowest BCUT2D eigenvalue weighted by atomic mass is 9.83. The van der Waals surface area contributed by atoms with E-state index in [1.54, 1.807) is 0 Å². The van der Waals surface area contributed by atoms with E-state index in [9.17, 15) is 0 Å². The van der Waals surface area contributed by atoms with E-state index in [0.717, 1.165) is 32.8 Å². The first kappa shape index (κ1) is 44.5. The molecule has 2 nitrogen and oxygen atoms in total. The van der Waals surface area contributed by atoms with E-state index in [1.807, 2.05) is 0 Å². The minimum absolute atomic E-state index is 0.461. The van der Waals surface area contributed by atoms with Crippen molar-refractivity contribution in [2.75, 3.05) is 0 Å². The molecule has 2 heteroatoms. The van der Waals surface area contributed by atoms with Crippen molar-refractivity contribution >= 4 is 97.5 Å². The molecule has 74 heavy (non-hydrogen) atoms. The molecule has 2 heterocycles. The van der Waals surface area contributed by atoms with Gasteiger partial charge in [0.05, 0.1) is 22.1 Å². The third-order valence-corrected chi connectivity index (χ3v) is 16.6. The predicted molar refractivity (Wildman–Crippen MR) is 320 cm³/mol. The van der Waals surface area contributed by atoms with Crippen LogP contribution in [0.2, 0.25) is 0 Å². The summed E-state index contributed by atoms with van der Waals surface area (Å²) in [5, 5.41) is 16.9. The fourth-order valence-electron chi connectivity index (χ4n) is 12.4. The number of hydrogen-bond donors (Lipinski definition) is 0. The Hall–Kier alpha value is -8.20. The van der Waals surface area contributed by atoms with Gasteiger partial charge in [0.25, 0.3) is 0 Å². The summed E-state index contributed by atoms with van der Waals surface area (Å²) in [6.45, 7) is 18.1. The summed E-state index contributed by atoms with van der Waals surface area (Å²) in [7, 11) is 0. The van der Waals surface area contributed by atoms with E-state index < -0.39 is 0 Å². The number of fused-ring (bicyclic) bond motifs is 6. The van der Waals surface area contributed by atoms with Crippen LogP contribution < -0.4 is 0 Å². The average Bonchev–Trinajstić information content (AvgIpc) is 3.46. The van der Waals surface area contributed by atoms with Crippen molar-refractivity contribution in [3.8, 4) is 44.5 Å². The van der Waals surface area contributed by atoms with E-state index >= 15 is 0 Å². The second kappa shape index (κ2) is 16.7. The molecule has 0 aliphatic heterocycles. The summed E-state index contributed by atoms with van der Waals surface area (Å²) in [5.74, 6) is 1.87. The van der Waals surface area contributed by atoms with Gasteiger partial charge in [0.2, 0.25) is 0 Å². The van der Waals surface area contributed by atoms with Crippen LogP contribution >= 0.6 is 0 Å². The molecule has 0 saturated heterocycles. The monoisotopic (exact) mass is 950 g/mol. The van der Waals surface area contributed by atoms with Gasteiger partial charge in [-0.2, -0.15) is 0 Å². The molecule has 12 aromatic carbocycles. The minimum Gasteiger partial charge on any atom is -0.247 e. The number of aromatic nitrogens is 2. The fraction of sp³-hybridized carbons (Fsp3) is 0.167. The van der Waals surface area contributed by atoms with E-state index in [2.05, 4.69) is 237 Å². The van der Waals surface area contributed by atoms with Crippen molar-refractivity contribution in [1.29, 1.82) is 0 Å². The topological polar surface area (TPSA) is 25.8 Å². The van der Waals surface area contributed by atoms with Crippen LogP contribution in [0, 0.1) is 0 Å². The van der Waals surface area contributed by atoms with Crippen LogP contribution in [-0.2, 0) is 0 Å². The molecule has 0 saturated carbocycles. The first-order valence-electron chi connectivity index (χ1n) is 26.8. The molecule has 0 radical (unpaired) electrons. The van der Waals surface area contributed by atoms with Gasteiger partial charge >= 0.3 is 0 Å². The number of rotatable bonds is 8. The molecule has 0 N–H and O–H groups in total. The van der Waals surface area contributed by atoms with Gasteiger partial charge in [0, 0.05) is 32.3 Å². The SMILES string of the molecule is CC(C)c1ccc(-c2ccc3c(c2)c(-c2ccc4cc(C(C)C)ccc4c2)c2ccc4nc5c6ccc(-c7ccc(C(C)C)cc7)cc6c(-c6ccc7cc(C(C)C)ccc7c6)c6ccc7nc3c2c4c7c65)cc1. The Bertz CT molecular complexity index is 4280. The molecule has 2 aromatic heterocycles. The van der Waals surface area contributed by atoms with E-state index in [0.29, 0.717) is 23.7 Å². The molecular formula is C72H58N2. The quantitative estimate of drug-likeness (QED) is 0.112. The molecule has 14 aromatic rings. The minimum atomic E-state index is 0.461. The van der Waals surface area contributed by atoms with Gasteiger partial charge < -0.3 is 0 Å². The highest BCUT2D eigenvalue weighted by Crippen LogP contribution is 2.51. The molecular weight excluding hydrogens is 893 g/mol. The lowest BCUT2D eigenvalue weighted by Gasteiger charge is -2.22. The Morgan fingerprint density at radius 3 is 0.959 bits per heavy atom. The lowest BCUT2D eigenvalue weighted by Crippen LogP contribution is -1.99. The van der Waals surface area contributed by atoms with E-state index in [4.69, 9.17) is 9.97 Å². The maximum absolute atomic E-state index is 5.80. The molecule has 0 atom stereocenters. The number of nitrogens with zero attached hydrogens (tertiary/aromatic N) is 2. The first-order valence-corrected chi connectivity index (χ1v) is 26.8. The first-order chi connectivity index (χ1) is 35.9. The third-order valence-electron chi connectivity index (χ3n) is 16.6. The molecule has 0 bridgehead atoms. The van der Waals surface area contributed by atoms with Gasteiger partial charge in [-0.1, -0.05) is 201 Å². The van der Waals surface area contributed by atoms with Crippen LogP contribution in [0.1, 0.15) is 101 Å². The highest BCUT2D eigenvalue weighted by atomic mass is 14.7. The van der Waals surface area contributed by atoms with Crippen molar-refractivity contribution < 1.29 is 0 Å². The third kappa shape index (κ3) is 6.84. The summed E-state index contributed by atoms with van der Waals surface area (Å²) in [5.41, 5.74) is 19.2. The maximum Gasteiger partial charge on any atom is 0.0801 e. The van der Waals surface area contributed by atoms with Crippen LogP contribution in [0.4, 0.5) is 0 Å². The predicted octanol–water partition coefficient (Wildman–Crippen LogP) is 20.9. The Morgan fingerprint density at radius 2 is 0.568 bits per heavy atom.